The van der Waals surface area contributed by atoms with E-state index < -0.39 is 23.8 Å². The minimum absolute atomic E-state index is 0.191. The summed E-state index contributed by atoms with van der Waals surface area (Å²) in [6.07, 6.45) is 0.268. The summed E-state index contributed by atoms with van der Waals surface area (Å²) < 4.78 is 16.1. The van der Waals surface area contributed by atoms with Crippen molar-refractivity contribution in [1.82, 2.24) is 15.5 Å². The topological polar surface area (TPSA) is 106 Å². The third-order valence-corrected chi connectivity index (χ3v) is 7.00. The molecule has 42 heavy (non-hydrogen) atoms. The second kappa shape index (κ2) is 16.4. The van der Waals surface area contributed by atoms with Crippen molar-refractivity contribution in [2.45, 2.75) is 71.3 Å². The average molecular weight is 596 g/mol. The van der Waals surface area contributed by atoms with Crippen LogP contribution in [0.3, 0.4) is 0 Å². The van der Waals surface area contributed by atoms with Crippen LogP contribution in [0.4, 0.5) is 9.59 Å². The lowest BCUT2D eigenvalue weighted by molar-refractivity contribution is -0.135. The SMILES string of the molecule is COc1cccc(CN(Cc2cccs2)C(=O)[C@@H](CCCCOC(=O)NCc2ccccc2)NC(=O)OC(C)(C)C)c1. The van der Waals surface area contributed by atoms with Crippen LogP contribution in [0.2, 0.25) is 0 Å². The highest BCUT2D eigenvalue weighted by Crippen LogP contribution is 2.20. The van der Waals surface area contributed by atoms with Gasteiger partial charge in [0.25, 0.3) is 0 Å². The van der Waals surface area contributed by atoms with Gasteiger partial charge in [-0.3, -0.25) is 4.79 Å². The van der Waals surface area contributed by atoms with Crippen molar-refractivity contribution in [2.75, 3.05) is 13.7 Å². The number of benzene rings is 2. The summed E-state index contributed by atoms with van der Waals surface area (Å²) in [5.41, 5.74) is 1.17. The number of carbonyl (C=O) groups is 3. The lowest BCUT2D eigenvalue weighted by atomic mass is 10.1. The van der Waals surface area contributed by atoms with E-state index in [-0.39, 0.29) is 12.5 Å². The van der Waals surface area contributed by atoms with Crippen molar-refractivity contribution in [3.63, 3.8) is 0 Å². The molecule has 1 atom stereocenters. The number of nitrogens with one attached hydrogen (secondary N) is 2. The first kappa shape index (κ1) is 32.5. The van der Waals surface area contributed by atoms with Crippen molar-refractivity contribution in [1.29, 1.82) is 0 Å². The highest BCUT2D eigenvalue weighted by atomic mass is 32.1. The monoisotopic (exact) mass is 595 g/mol. The van der Waals surface area contributed by atoms with Crippen LogP contribution in [0.25, 0.3) is 0 Å². The van der Waals surface area contributed by atoms with Gasteiger partial charge in [0.05, 0.1) is 20.3 Å². The van der Waals surface area contributed by atoms with Crippen LogP contribution < -0.4 is 15.4 Å². The summed E-state index contributed by atoms with van der Waals surface area (Å²) in [6, 6.07) is 20.2. The highest BCUT2D eigenvalue weighted by molar-refractivity contribution is 7.09. The Morgan fingerprint density at radius 3 is 2.36 bits per heavy atom. The van der Waals surface area contributed by atoms with Gasteiger partial charge < -0.3 is 29.7 Å². The lowest BCUT2D eigenvalue weighted by Gasteiger charge is -2.29. The molecule has 2 aromatic carbocycles. The van der Waals surface area contributed by atoms with Gasteiger partial charge in [-0.05, 0) is 74.7 Å². The first-order valence-corrected chi connectivity index (χ1v) is 14.9. The first-order chi connectivity index (χ1) is 20.1. The molecular formula is C32H41N3O6S. The predicted molar refractivity (Wildman–Crippen MR) is 163 cm³/mol. The van der Waals surface area contributed by atoms with Crippen LogP contribution >= 0.6 is 11.3 Å². The van der Waals surface area contributed by atoms with Gasteiger partial charge in [0, 0.05) is 18.0 Å². The maximum absolute atomic E-state index is 14.0. The summed E-state index contributed by atoms with van der Waals surface area (Å²) in [7, 11) is 1.60. The molecule has 0 fully saturated rings. The normalized spacial score (nSPS) is 11.7. The van der Waals surface area contributed by atoms with Gasteiger partial charge in [0.2, 0.25) is 5.91 Å². The van der Waals surface area contributed by atoms with Crippen molar-refractivity contribution >= 4 is 29.4 Å². The summed E-state index contributed by atoms with van der Waals surface area (Å²) >= 11 is 1.56. The van der Waals surface area contributed by atoms with E-state index in [2.05, 4.69) is 10.6 Å². The summed E-state index contributed by atoms with van der Waals surface area (Å²) in [4.78, 5) is 41.5. The Hall–Kier alpha value is -4.05. The van der Waals surface area contributed by atoms with E-state index in [4.69, 9.17) is 14.2 Å². The summed E-state index contributed by atoms with van der Waals surface area (Å²) in [5, 5.41) is 7.48. The molecule has 2 N–H and O–H groups in total. The Bertz CT molecular complexity index is 1260. The fraction of sp³-hybridized carbons (Fsp3) is 0.406. The van der Waals surface area contributed by atoms with E-state index in [9.17, 15) is 14.4 Å². The molecule has 1 heterocycles. The molecule has 0 spiro atoms. The summed E-state index contributed by atoms with van der Waals surface area (Å²) in [5.74, 6) is 0.478. The zero-order valence-electron chi connectivity index (χ0n) is 24.8. The molecule has 0 aliphatic rings. The van der Waals surface area contributed by atoms with Gasteiger partial charge in [-0.25, -0.2) is 9.59 Å². The maximum atomic E-state index is 14.0. The third-order valence-electron chi connectivity index (χ3n) is 6.14. The number of alkyl carbamates (subject to hydrolysis) is 2. The zero-order chi connectivity index (χ0) is 30.4. The second-order valence-electron chi connectivity index (χ2n) is 10.8. The van der Waals surface area contributed by atoms with Crippen LogP contribution in [-0.2, 0) is 33.9 Å². The molecule has 3 aromatic rings. The average Bonchev–Trinajstić information content (AvgIpc) is 3.47. The fourth-order valence-electron chi connectivity index (χ4n) is 4.16. The van der Waals surface area contributed by atoms with E-state index in [0.29, 0.717) is 44.6 Å². The molecular weight excluding hydrogens is 554 g/mol. The minimum Gasteiger partial charge on any atom is -0.497 e. The Morgan fingerprint density at radius 2 is 1.67 bits per heavy atom. The standard InChI is InChI=1S/C32H41N3O6S/c1-32(2,3)41-31(38)34-28(17-8-9-18-40-30(37)33-21-24-12-6-5-7-13-24)29(36)35(23-27-16-11-19-42-27)22-25-14-10-15-26(20-25)39-4/h5-7,10-16,19-20,28H,8-9,17-18,21-23H2,1-4H3,(H,33,37)(H,34,38)/t28-/m1/s1. The van der Waals surface area contributed by atoms with Gasteiger partial charge in [0.1, 0.15) is 17.4 Å². The Labute approximate surface area is 252 Å². The Morgan fingerprint density at radius 1 is 0.905 bits per heavy atom. The molecule has 0 aliphatic carbocycles. The predicted octanol–water partition coefficient (Wildman–Crippen LogP) is 6.28. The number of thiophene rings is 1. The second-order valence-corrected chi connectivity index (χ2v) is 11.8. The smallest absolute Gasteiger partial charge is 0.408 e. The Balaban J connectivity index is 1.63. The van der Waals surface area contributed by atoms with E-state index in [1.807, 2.05) is 72.1 Å². The molecule has 0 saturated heterocycles. The molecule has 0 aliphatic heterocycles. The van der Waals surface area contributed by atoms with Gasteiger partial charge in [-0.15, -0.1) is 11.3 Å². The molecule has 9 nitrogen and oxygen atoms in total. The number of amides is 3. The van der Waals surface area contributed by atoms with Crippen LogP contribution in [0, 0.1) is 0 Å². The molecule has 0 radical (unpaired) electrons. The molecule has 3 rings (SSSR count). The van der Waals surface area contributed by atoms with Crippen LogP contribution in [0.15, 0.2) is 72.1 Å². The van der Waals surface area contributed by atoms with Crippen LogP contribution in [-0.4, -0.2) is 48.4 Å². The van der Waals surface area contributed by atoms with Crippen molar-refractivity contribution in [2.24, 2.45) is 0 Å². The number of unbranched alkanes of at least 4 members (excludes halogenated alkanes) is 1. The van der Waals surface area contributed by atoms with E-state index >= 15 is 0 Å². The largest absolute Gasteiger partial charge is 0.497 e. The van der Waals surface area contributed by atoms with Crippen LogP contribution in [0.1, 0.15) is 56.0 Å². The number of carbonyl (C=O) groups excluding carboxylic acids is 3. The van der Waals surface area contributed by atoms with Gasteiger partial charge >= 0.3 is 12.2 Å². The van der Waals surface area contributed by atoms with Crippen molar-refractivity contribution < 1.29 is 28.6 Å². The molecule has 226 valence electrons. The number of rotatable bonds is 14. The van der Waals surface area contributed by atoms with Crippen LogP contribution in [0.5, 0.6) is 5.75 Å². The number of hydrogen-bond acceptors (Lipinski definition) is 7. The summed E-state index contributed by atoms with van der Waals surface area (Å²) in [6.45, 7) is 6.62. The zero-order valence-corrected chi connectivity index (χ0v) is 25.6. The molecule has 0 bridgehead atoms. The van der Waals surface area contributed by atoms with Gasteiger partial charge in [-0.2, -0.15) is 0 Å². The number of ether oxygens (including phenoxy) is 3. The highest BCUT2D eigenvalue weighted by Gasteiger charge is 2.28. The maximum Gasteiger partial charge on any atom is 0.408 e. The quantitative estimate of drug-likeness (QED) is 0.213. The van der Waals surface area contributed by atoms with Gasteiger partial charge in [0.15, 0.2) is 0 Å². The fourth-order valence-corrected chi connectivity index (χ4v) is 4.88. The number of nitrogens with zero attached hydrogens (tertiary/aromatic N) is 1. The molecule has 0 unspecified atom stereocenters. The molecule has 10 heteroatoms. The molecule has 0 saturated carbocycles. The lowest BCUT2D eigenvalue weighted by Crippen LogP contribution is -2.49. The van der Waals surface area contributed by atoms with E-state index in [1.165, 1.54) is 0 Å². The van der Waals surface area contributed by atoms with Crippen molar-refractivity contribution in [3.05, 3.63) is 88.1 Å². The first-order valence-electron chi connectivity index (χ1n) is 14.0. The van der Waals surface area contributed by atoms with E-state index in [0.717, 1.165) is 16.0 Å². The molecule has 3 amide bonds. The van der Waals surface area contributed by atoms with Crippen molar-refractivity contribution in [3.8, 4) is 5.75 Å². The Kier molecular flexibility index (Phi) is 12.7. The molecule has 1 aromatic heterocycles. The number of hydrogen-bond donors (Lipinski definition) is 2. The van der Waals surface area contributed by atoms with Gasteiger partial charge in [-0.1, -0.05) is 48.5 Å². The van der Waals surface area contributed by atoms with E-state index in [1.54, 1.807) is 44.1 Å². The minimum atomic E-state index is -0.822. The third kappa shape index (κ3) is 11.8. The number of methoxy groups -OCH3 is 1.